The number of carbonyl (C=O) groups is 1. The molecule has 1 aromatic carbocycles. The molecule has 34 heavy (non-hydrogen) atoms. The smallest absolute Gasteiger partial charge is 0.341 e. The van der Waals surface area contributed by atoms with Gasteiger partial charge >= 0.3 is 5.97 Å². The standard InChI is InChI=1S/C25H28ClFN2O5/c1-13(2)34-23-15(9-14-7-6-8-18(26)20(14)27)10-16-21(31)17(24(32)33)11-29(22(16)28-23)19(12-30)25(3,4)5/h6-8,10-11,13,19,30H,9,12H2,1-5H3,(H,32,33)/t19-/m1/s1. The highest BCUT2D eigenvalue weighted by Gasteiger charge is 2.29. The van der Waals surface area contributed by atoms with Crippen molar-refractivity contribution in [2.24, 2.45) is 5.41 Å². The van der Waals surface area contributed by atoms with Gasteiger partial charge in [0.15, 0.2) is 0 Å². The molecule has 0 radical (unpaired) electrons. The van der Waals surface area contributed by atoms with Crippen LogP contribution < -0.4 is 10.2 Å². The Hall–Kier alpha value is -2.97. The van der Waals surface area contributed by atoms with Crippen molar-refractivity contribution < 1.29 is 24.1 Å². The highest BCUT2D eigenvalue weighted by Crippen LogP contribution is 2.34. The van der Waals surface area contributed by atoms with Gasteiger partial charge in [-0.3, -0.25) is 4.79 Å². The zero-order chi connectivity index (χ0) is 25.4. The third-order valence-electron chi connectivity index (χ3n) is 5.54. The van der Waals surface area contributed by atoms with E-state index >= 15 is 0 Å². The number of halogens is 2. The Labute approximate surface area is 201 Å². The average Bonchev–Trinajstić information content (AvgIpc) is 2.72. The zero-order valence-corrected chi connectivity index (χ0v) is 20.5. The van der Waals surface area contributed by atoms with Crippen molar-refractivity contribution in [2.75, 3.05) is 6.61 Å². The number of carboxylic acids is 1. The van der Waals surface area contributed by atoms with E-state index in [0.29, 0.717) is 5.56 Å². The lowest BCUT2D eigenvalue weighted by molar-refractivity contribution is 0.0692. The summed E-state index contributed by atoms with van der Waals surface area (Å²) in [5, 5.41) is 19.8. The second-order valence-electron chi connectivity index (χ2n) is 9.53. The Bertz CT molecular complexity index is 1300. The molecule has 9 heteroatoms. The van der Waals surface area contributed by atoms with Crippen LogP contribution in [0.4, 0.5) is 4.39 Å². The number of aromatic nitrogens is 2. The van der Waals surface area contributed by atoms with Gasteiger partial charge in [0.1, 0.15) is 17.0 Å². The van der Waals surface area contributed by atoms with Gasteiger partial charge in [0.05, 0.1) is 29.2 Å². The molecule has 2 N–H and O–H groups in total. The summed E-state index contributed by atoms with van der Waals surface area (Å²) in [6.07, 6.45) is 0.959. The summed E-state index contributed by atoms with van der Waals surface area (Å²) in [6, 6.07) is 5.53. The van der Waals surface area contributed by atoms with E-state index < -0.39 is 34.2 Å². The Morgan fingerprint density at radius 3 is 2.50 bits per heavy atom. The van der Waals surface area contributed by atoms with Crippen molar-refractivity contribution in [1.82, 2.24) is 9.55 Å². The fraction of sp³-hybridized carbons (Fsp3) is 0.400. The predicted molar refractivity (Wildman–Crippen MR) is 129 cm³/mol. The average molecular weight is 491 g/mol. The lowest BCUT2D eigenvalue weighted by atomic mass is 9.86. The van der Waals surface area contributed by atoms with E-state index in [4.69, 9.17) is 16.3 Å². The molecule has 0 unspecified atom stereocenters. The maximum atomic E-state index is 14.6. The van der Waals surface area contributed by atoms with Gasteiger partial charge in [0.2, 0.25) is 11.3 Å². The molecule has 3 aromatic rings. The van der Waals surface area contributed by atoms with E-state index in [9.17, 15) is 24.2 Å². The molecule has 0 aliphatic rings. The molecular formula is C25H28ClFN2O5. The number of nitrogens with zero attached hydrogens (tertiary/aromatic N) is 2. The second-order valence-corrected chi connectivity index (χ2v) is 9.94. The molecule has 0 amide bonds. The number of ether oxygens (including phenoxy) is 1. The fourth-order valence-corrected chi connectivity index (χ4v) is 4.00. The minimum absolute atomic E-state index is 0.0246. The number of carboxylic acid groups (broad SMARTS) is 1. The van der Waals surface area contributed by atoms with E-state index in [0.717, 1.165) is 0 Å². The van der Waals surface area contributed by atoms with Crippen LogP contribution in [0.2, 0.25) is 5.02 Å². The van der Waals surface area contributed by atoms with Crippen LogP contribution in [-0.4, -0.2) is 38.4 Å². The third kappa shape index (κ3) is 5.08. The van der Waals surface area contributed by atoms with Gasteiger partial charge in [-0.2, -0.15) is 4.98 Å². The molecular weight excluding hydrogens is 463 g/mol. The fourth-order valence-electron chi connectivity index (χ4n) is 3.81. The first-order valence-corrected chi connectivity index (χ1v) is 11.2. The van der Waals surface area contributed by atoms with Crippen LogP contribution in [-0.2, 0) is 6.42 Å². The number of benzene rings is 1. The van der Waals surface area contributed by atoms with Crippen LogP contribution in [0.1, 0.15) is 62.1 Å². The minimum Gasteiger partial charge on any atom is -0.477 e. The number of aromatic carboxylic acids is 1. The van der Waals surface area contributed by atoms with Crippen LogP contribution >= 0.6 is 11.6 Å². The van der Waals surface area contributed by atoms with Crippen LogP contribution in [0.5, 0.6) is 5.88 Å². The van der Waals surface area contributed by atoms with E-state index in [1.165, 1.54) is 22.9 Å². The summed E-state index contributed by atoms with van der Waals surface area (Å²) in [5.41, 5.74) is -0.801. The molecule has 0 saturated heterocycles. The first-order chi connectivity index (χ1) is 15.8. The van der Waals surface area contributed by atoms with E-state index in [2.05, 4.69) is 4.98 Å². The first-order valence-electron chi connectivity index (χ1n) is 10.9. The molecule has 0 saturated carbocycles. The molecule has 2 heterocycles. The van der Waals surface area contributed by atoms with Crippen molar-refractivity contribution in [1.29, 1.82) is 0 Å². The molecule has 0 spiro atoms. The number of fused-ring (bicyclic) bond motifs is 1. The van der Waals surface area contributed by atoms with E-state index in [1.807, 2.05) is 34.6 Å². The minimum atomic E-state index is -1.39. The van der Waals surface area contributed by atoms with Gasteiger partial charge in [-0.05, 0) is 37.0 Å². The summed E-state index contributed by atoms with van der Waals surface area (Å²) in [5.74, 6) is -1.80. The monoisotopic (exact) mass is 490 g/mol. The number of hydrogen-bond donors (Lipinski definition) is 2. The van der Waals surface area contributed by atoms with Crippen molar-refractivity contribution in [2.45, 2.75) is 53.2 Å². The van der Waals surface area contributed by atoms with Crippen molar-refractivity contribution >= 4 is 28.6 Å². The Morgan fingerprint density at radius 1 is 1.26 bits per heavy atom. The van der Waals surface area contributed by atoms with Crippen molar-refractivity contribution in [3.63, 3.8) is 0 Å². The second kappa shape index (κ2) is 9.72. The van der Waals surface area contributed by atoms with Gasteiger partial charge in [0.25, 0.3) is 0 Å². The molecule has 7 nitrogen and oxygen atoms in total. The first kappa shape index (κ1) is 25.6. The SMILES string of the molecule is CC(C)Oc1nc2c(cc1Cc1cccc(Cl)c1F)c(=O)c(C(=O)O)cn2[C@H](CO)C(C)(C)C. The summed E-state index contributed by atoms with van der Waals surface area (Å²) in [4.78, 5) is 29.6. The number of pyridine rings is 2. The van der Waals surface area contributed by atoms with Gasteiger partial charge in [-0.15, -0.1) is 0 Å². The molecule has 0 bridgehead atoms. The van der Waals surface area contributed by atoms with Gasteiger partial charge in [0, 0.05) is 18.2 Å². The van der Waals surface area contributed by atoms with Crippen LogP contribution in [0.15, 0.2) is 35.3 Å². The van der Waals surface area contributed by atoms with E-state index in [-0.39, 0.29) is 46.6 Å². The number of aliphatic hydroxyl groups excluding tert-OH is 1. The summed E-state index contributed by atoms with van der Waals surface area (Å²) in [7, 11) is 0. The Balaban J connectivity index is 2.38. The maximum absolute atomic E-state index is 14.6. The van der Waals surface area contributed by atoms with Crippen molar-refractivity contribution in [3.05, 3.63) is 68.2 Å². The quantitative estimate of drug-likeness (QED) is 0.491. The van der Waals surface area contributed by atoms with Gasteiger partial charge in [-0.1, -0.05) is 44.5 Å². The highest BCUT2D eigenvalue weighted by molar-refractivity contribution is 6.30. The largest absolute Gasteiger partial charge is 0.477 e. The molecule has 0 aliphatic heterocycles. The van der Waals surface area contributed by atoms with E-state index in [1.54, 1.807) is 12.1 Å². The van der Waals surface area contributed by atoms with Crippen LogP contribution in [0.25, 0.3) is 11.0 Å². The zero-order valence-electron chi connectivity index (χ0n) is 19.7. The predicted octanol–water partition coefficient (Wildman–Crippen LogP) is 4.84. The van der Waals surface area contributed by atoms with Gasteiger partial charge in [-0.25, -0.2) is 9.18 Å². The van der Waals surface area contributed by atoms with Crippen LogP contribution in [0, 0.1) is 11.2 Å². The molecule has 3 rings (SSSR count). The topological polar surface area (TPSA) is 102 Å². The summed E-state index contributed by atoms with van der Waals surface area (Å²) < 4.78 is 22.0. The third-order valence-corrected chi connectivity index (χ3v) is 5.83. The lowest BCUT2D eigenvalue weighted by Crippen LogP contribution is -2.31. The summed E-state index contributed by atoms with van der Waals surface area (Å²) in [6.45, 7) is 8.97. The highest BCUT2D eigenvalue weighted by atomic mass is 35.5. The maximum Gasteiger partial charge on any atom is 0.341 e. The normalized spacial score (nSPS) is 12.9. The number of hydrogen-bond acceptors (Lipinski definition) is 5. The summed E-state index contributed by atoms with van der Waals surface area (Å²) >= 11 is 5.93. The van der Waals surface area contributed by atoms with Crippen molar-refractivity contribution in [3.8, 4) is 5.88 Å². The lowest BCUT2D eigenvalue weighted by Gasteiger charge is -2.32. The molecule has 0 aliphatic carbocycles. The Kier molecular flexibility index (Phi) is 7.33. The molecule has 0 fully saturated rings. The van der Waals surface area contributed by atoms with Crippen LogP contribution in [0.3, 0.4) is 0 Å². The number of aliphatic hydroxyl groups is 1. The molecule has 1 atom stereocenters. The molecule has 2 aromatic heterocycles. The number of rotatable bonds is 7. The van der Waals surface area contributed by atoms with Gasteiger partial charge < -0.3 is 19.5 Å². The Morgan fingerprint density at radius 2 is 1.94 bits per heavy atom. The molecule has 182 valence electrons.